The first-order valence-corrected chi connectivity index (χ1v) is 13.8. The first kappa shape index (κ1) is 32.6. The minimum atomic E-state index is -1.48. The van der Waals surface area contributed by atoms with E-state index in [-0.39, 0.29) is 25.0 Å². The number of carboxylic acids is 2. The molecule has 230 valence electrons. The second kappa shape index (κ2) is 14.8. The van der Waals surface area contributed by atoms with Crippen LogP contribution in [0.2, 0.25) is 0 Å². The fourth-order valence-electron chi connectivity index (χ4n) is 4.56. The molecule has 13 heteroatoms. The number of nitrogens with two attached hydrogens (primary N) is 1. The van der Waals surface area contributed by atoms with Crippen molar-refractivity contribution in [1.82, 2.24) is 20.9 Å². The molecule has 3 amide bonds. The third-order valence-corrected chi connectivity index (χ3v) is 6.97. The van der Waals surface area contributed by atoms with Gasteiger partial charge in [0.05, 0.1) is 6.04 Å². The number of phenolic OH excluding ortho intramolecular Hbond substituents is 1. The number of rotatable bonds is 15. The predicted molar refractivity (Wildman–Crippen MR) is 157 cm³/mol. The van der Waals surface area contributed by atoms with Gasteiger partial charge in [-0.25, -0.2) is 4.79 Å². The molecule has 0 radical (unpaired) electrons. The number of para-hydroxylation sites is 1. The maximum atomic E-state index is 13.5. The van der Waals surface area contributed by atoms with Gasteiger partial charge in [0.15, 0.2) is 0 Å². The van der Waals surface area contributed by atoms with E-state index in [2.05, 4.69) is 20.9 Å². The standard InChI is InChI=1S/C30H37N5O8/c1-16(2)26(29(41)33-23(30(42)43)11-12-25(37)38)35-28(40)24(13-17-7-9-19(36)10-8-17)34-27(39)21(31)14-18-15-32-22-6-4-3-5-20(18)22/h3-10,15-16,21,23-24,26,32,36H,11-14,31H2,1-2H3,(H,33,41)(H,34,39)(H,35,40)(H,37,38)(H,42,43). The molecule has 0 saturated heterocycles. The summed E-state index contributed by atoms with van der Waals surface area (Å²) < 4.78 is 0. The maximum Gasteiger partial charge on any atom is 0.326 e. The number of phenols is 1. The van der Waals surface area contributed by atoms with Crippen LogP contribution in [-0.2, 0) is 36.8 Å². The minimum Gasteiger partial charge on any atom is -0.508 e. The summed E-state index contributed by atoms with van der Waals surface area (Å²) in [6.07, 6.45) is 1.14. The van der Waals surface area contributed by atoms with Gasteiger partial charge in [0.2, 0.25) is 17.7 Å². The van der Waals surface area contributed by atoms with Crippen molar-refractivity contribution in [3.05, 3.63) is 65.9 Å². The molecule has 3 aromatic rings. The number of hydrogen-bond donors (Lipinski definition) is 8. The fraction of sp³-hybridized carbons (Fsp3) is 0.367. The number of benzene rings is 2. The maximum absolute atomic E-state index is 13.5. The van der Waals surface area contributed by atoms with Gasteiger partial charge in [-0.1, -0.05) is 44.2 Å². The monoisotopic (exact) mass is 595 g/mol. The molecule has 1 aromatic heterocycles. The summed E-state index contributed by atoms with van der Waals surface area (Å²) in [6.45, 7) is 3.28. The Bertz CT molecular complexity index is 1450. The van der Waals surface area contributed by atoms with Crippen LogP contribution >= 0.6 is 0 Å². The van der Waals surface area contributed by atoms with Crippen molar-refractivity contribution in [3.63, 3.8) is 0 Å². The molecular weight excluding hydrogens is 558 g/mol. The van der Waals surface area contributed by atoms with Gasteiger partial charge in [0.25, 0.3) is 0 Å². The number of carbonyl (C=O) groups excluding carboxylic acids is 3. The Kier molecular flexibility index (Phi) is 11.2. The molecule has 2 aromatic carbocycles. The van der Waals surface area contributed by atoms with E-state index < -0.39 is 66.2 Å². The largest absolute Gasteiger partial charge is 0.508 e. The van der Waals surface area contributed by atoms with E-state index in [1.165, 1.54) is 12.1 Å². The summed E-state index contributed by atoms with van der Waals surface area (Å²) in [7, 11) is 0. The van der Waals surface area contributed by atoms with Crippen LogP contribution in [0, 0.1) is 5.92 Å². The highest BCUT2D eigenvalue weighted by atomic mass is 16.4. The van der Waals surface area contributed by atoms with Crippen LogP contribution in [0.15, 0.2) is 54.7 Å². The Balaban J connectivity index is 1.77. The Morgan fingerprint density at radius 2 is 1.49 bits per heavy atom. The molecular formula is C30H37N5O8. The lowest BCUT2D eigenvalue weighted by Gasteiger charge is -2.27. The van der Waals surface area contributed by atoms with Gasteiger partial charge >= 0.3 is 11.9 Å². The van der Waals surface area contributed by atoms with E-state index in [1.807, 2.05) is 24.3 Å². The summed E-state index contributed by atoms with van der Waals surface area (Å²) >= 11 is 0. The third-order valence-electron chi connectivity index (χ3n) is 6.97. The number of aliphatic carboxylic acids is 2. The average molecular weight is 596 g/mol. The van der Waals surface area contributed by atoms with Crippen molar-refractivity contribution < 1.29 is 39.3 Å². The summed E-state index contributed by atoms with van der Waals surface area (Å²) in [4.78, 5) is 65.4. The quantitative estimate of drug-likeness (QED) is 0.125. The van der Waals surface area contributed by atoms with E-state index in [1.54, 1.807) is 32.2 Å². The topological polar surface area (TPSA) is 224 Å². The van der Waals surface area contributed by atoms with Crippen LogP contribution in [0.1, 0.15) is 37.8 Å². The molecule has 0 aliphatic rings. The van der Waals surface area contributed by atoms with Crippen molar-refractivity contribution in [1.29, 1.82) is 0 Å². The summed E-state index contributed by atoms with van der Waals surface area (Å²) in [5, 5.41) is 36.5. The molecule has 4 unspecified atom stereocenters. The lowest BCUT2D eigenvalue weighted by Crippen LogP contribution is -2.59. The van der Waals surface area contributed by atoms with Gasteiger partial charge < -0.3 is 42.0 Å². The zero-order valence-corrected chi connectivity index (χ0v) is 23.9. The number of aromatic hydroxyl groups is 1. The van der Waals surface area contributed by atoms with Gasteiger partial charge in [-0.3, -0.25) is 19.2 Å². The second-order valence-corrected chi connectivity index (χ2v) is 10.7. The molecule has 0 aliphatic heterocycles. The van der Waals surface area contributed by atoms with E-state index in [0.29, 0.717) is 5.56 Å². The molecule has 0 aliphatic carbocycles. The van der Waals surface area contributed by atoms with Crippen LogP contribution < -0.4 is 21.7 Å². The number of fused-ring (bicyclic) bond motifs is 1. The van der Waals surface area contributed by atoms with Crippen LogP contribution in [-0.4, -0.2) is 74.1 Å². The Hall–Kier alpha value is -4.91. The Labute approximate surface area is 247 Å². The molecule has 13 nitrogen and oxygen atoms in total. The first-order valence-electron chi connectivity index (χ1n) is 13.8. The second-order valence-electron chi connectivity index (χ2n) is 10.7. The molecule has 0 spiro atoms. The van der Waals surface area contributed by atoms with Crippen molar-refractivity contribution >= 4 is 40.6 Å². The lowest BCUT2D eigenvalue weighted by molar-refractivity contribution is -0.143. The fourth-order valence-corrected chi connectivity index (χ4v) is 4.56. The van der Waals surface area contributed by atoms with Crippen LogP contribution in [0.4, 0.5) is 0 Å². The molecule has 1 heterocycles. The van der Waals surface area contributed by atoms with Gasteiger partial charge in [-0.05, 0) is 48.1 Å². The molecule has 0 bridgehead atoms. The van der Waals surface area contributed by atoms with E-state index in [9.17, 15) is 34.2 Å². The molecule has 0 fully saturated rings. The van der Waals surface area contributed by atoms with E-state index in [4.69, 9.17) is 10.8 Å². The van der Waals surface area contributed by atoms with E-state index in [0.717, 1.165) is 16.5 Å². The van der Waals surface area contributed by atoms with Gasteiger partial charge in [0.1, 0.15) is 23.9 Å². The highest BCUT2D eigenvalue weighted by molar-refractivity contribution is 5.94. The van der Waals surface area contributed by atoms with Crippen LogP contribution in [0.25, 0.3) is 10.9 Å². The van der Waals surface area contributed by atoms with Crippen molar-refractivity contribution in [2.75, 3.05) is 0 Å². The molecule has 9 N–H and O–H groups in total. The molecule has 0 saturated carbocycles. The smallest absolute Gasteiger partial charge is 0.326 e. The van der Waals surface area contributed by atoms with Crippen molar-refractivity contribution in [2.45, 2.75) is 63.7 Å². The number of carbonyl (C=O) groups is 5. The number of carboxylic acid groups (broad SMARTS) is 2. The highest BCUT2D eigenvalue weighted by Gasteiger charge is 2.32. The molecule has 43 heavy (non-hydrogen) atoms. The number of aromatic nitrogens is 1. The Morgan fingerprint density at radius 3 is 2.12 bits per heavy atom. The number of H-pyrrole nitrogens is 1. The zero-order chi connectivity index (χ0) is 31.7. The lowest BCUT2D eigenvalue weighted by atomic mass is 9.99. The van der Waals surface area contributed by atoms with Crippen LogP contribution in [0.5, 0.6) is 5.75 Å². The van der Waals surface area contributed by atoms with Crippen molar-refractivity contribution in [3.8, 4) is 5.75 Å². The number of amides is 3. The zero-order valence-electron chi connectivity index (χ0n) is 23.9. The minimum absolute atomic E-state index is 0.000452. The highest BCUT2D eigenvalue weighted by Crippen LogP contribution is 2.19. The summed E-state index contributed by atoms with van der Waals surface area (Å²) in [5.74, 6) is -5.24. The van der Waals surface area contributed by atoms with Crippen molar-refractivity contribution in [2.24, 2.45) is 11.7 Å². The van der Waals surface area contributed by atoms with Gasteiger partial charge in [0, 0.05) is 29.9 Å². The molecule has 3 rings (SSSR count). The molecule has 4 atom stereocenters. The SMILES string of the molecule is CC(C)C(NC(=O)C(Cc1ccc(O)cc1)NC(=O)C(N)Cc1c[nH]c2ccccc12)C(=O)NC(CCC(=O)O)C(=O)O. The van der Waals surface area contributed by atoms with Crippen LogP contribution in [0.3, 0.4) is 0 Å². The van der Waals surface area contributed by atoms with E-state index >= 15 is 0 Å². The van der Waals surface area contributed by atoms with Gasteiger partial charge in [-0.15, -0.1) is 0 Å². The first-order chi connectivity index (χ1) is 20.3. The summed E-state index contributed by atoms with van der Waals surface area (Å²) in [6, 6.07) is 8.72. The third kappa shape index (κ3) is 9.30. The van der Waals surface area contributed by atoms with Gasteiger partial charge in [-0.2, -0.15) is 0 Å². The Morgan fingerprint density at radius 1 is 0.837 bits per heavy atom. The average Bonchev–Trinajstić information content (AvgIpc) is 3.36. The normalized spacial score (nSPS) is 14.0. The number of nitrogens with one attached hydrogen (secondary N) is 4. The predicted octanol–water partition coefficient (Wildman–Crippen LogP) is 1.05. The summed E-state index contributed by atoms with van der Waals surface area (Å²) in [5.41, 5.74) is 8.56. The number of aromatic amines is 1. The number of hydrogen-bond acceptors (Lipinski definition) is 7.